The first kappa shape index (κ1) is 14.1. The average molecular weight is 393 g/mol. The van der Waals surface area contributed by atoms with Crippen LogP contribution < -0.4 is 5.32 Å². The summed E-state index contributed by atoms with van der Waals surface area (Å²) in [6.07, 6.45) is 0. The summed E-state index contributed by atoms with van der Waals surface area (Å²) in [6.45, 7) is 6.21. The summed E-state index contributed by atoms with van der Waals surface area (Å²) in [5.41, 5.74) is 2.06. The van der Waals surface area contributed by atoms with Crippen molar-refractivity contribution >= 4 is 51.2 Å². The average Bonchev–Trinajstić information content (AvgIpc) is 2.62. The van der Waals surface area contributed by atoms with Gasteiger partial charge in [0.1, 0.15) is 0 Å². The Morgan fingerprint density at radius 3 is 2.67 bits per heavy atom. The monoisotopic (exact) mass is 392 g/mol. The number of anilines is 1. The van der Waals surface area contributed by atoms with Gasteiger partial charge in [0, 0.05) is 8.45 Å². The van der Waals surface area contributed by atoms with Crippen LogP contribution in [0.1, 0.15) is 28.5 Å². The van der Waals surface area contributed by atoms with Crippen LogP contribution in [0.25, 0.3) is 0 Å². The fourth-order valence-corrected chi connectivity index (χ4v) is 3.69. The van der Waals surface area contributed by atoms with Crippen LogP contribution >= 0.6 is 45.5 Å². The van der Waals surface area contributed by atoms with Crippen LogP contribution in [-0.2, 0) is 0 Å². The maximum atomic E-state index is 6.23. The van der Waals surface area contributed by atoms with E-state index >= 15 is 0 Å². The number of nitrogens with zero attached hydrogens (tertiary/aromatic N) is 1. The molecule has 1 atom stereocenters. The Labute approximate surface area is 130 Å². The molecule has 0 aliphatic heterocycles. The van der Waals surface area contributed by atoms with Gasteiger partial charge in [0.25, 0.3) is 0 Å². The van der Waals surface area contributed by atoms with Crippen molar-refractivity contribution in [1.82, 2.24) is 4.98 Å². The van der Waals surface area contributed by atoms with E-state index in [4.69, 9.17) is 11.6 Å². The first-order chi connectivity index (χ1) is 8.47. The molecule has 2 rings (SSSR count). The standard InChI is InChI=1S/C13H14ClIN2S/c1-7-13(18-9(3)16-7)8(2)17-12-5-4-10(15)6-11(12)14/h4-6,8,17H,1-3H3. The third kappa shape index (κ3) is 3.16. The molecule has 96 valence electrons. The molecule has 0 bridgehead atoms. The first-order valence-corrected chi connectivity index (χ1v) is 7.90. The second-order valence-corrected chi connectivity index (χ2v) is 7.06. The molecule has 5 heteroatoms. The van der Waals surface area contributed by atoms with E-state index in [1.54, 1.807) is 11.3 Å². The molecule has 0 fully saturated rings. The van der Waals surface area contributed by atoms with Crippen molar-refractivity contribution in [3.05, 3.63) is 42.4 Å². The van der Waals surface area contributed by atoms with Crippen LogP contribution in [0.2, 0.25) is 5.02 Å². The molecule has 1 aromatic carbocycles. The van der Waals surface area contributed by atoms with Gasteiger partial charge in [-0.05, 0) is 61.6 Å². The topological polar surface area (TPSA) is 24.9 Å². The SMILES string of the molecule is Cc1nc(C)c(C(C)Nc2ccc(I)cc2Cl)s1. The molecule has 1 N–H and O–H groups in total. The first-order valence-electron chi connectivity index (χ1n) is 5.63. The third-order valence-electron chi connectivity index (χ3n) is 2.64. The number of hydrogen-bond acceptors (Lipinski definition) is 3. The van der Waals surface area contributed by atoms with Gasteiger partial charge in [0.2, 0.25) is 0 Å². The minimum absolute atomic E-state index is 0.216. The molecule has 0 aliphatic carbocycles. The van der Waals surface area contributed by atoms with Crippen LogP contribution in [0.15, 0.2) is 18.2 Å². The number of rotatable bonds is 3. The Bertz CT molecular complexity index is 568. The zero-order valence-corrected chi connectivity index (χ0v) is 14.2. The smallest absolute Gasteiger partial charge is 0.0900 e. The lowest BCUT2D eigenvalue weighted by Crippen LogP contribution is -2.06. The van der Waals surface area contributed by atoms with Crippen molar-refractivity contribution in [2.45, 2.75) is 26.8 Å². The van der Waals surface area contributed by atoms with Gasteiger partial charge in [0.05, 0.1) is 27.5 Å². The van der Waals surface area contributed by atoms with Gasteiger partial charge < -0.3 is 5.32 Å². The minimum Gasteiger partial charge on any atom is -0.376 e. The Morgan fingerprint density at radius 1 is 1.39 bits per heavy atom. The van der Waals surface area contributed by atoms with Gasteiger partial charge in [-0.1, -0.05) is 11.6 Å². The van der Waals surface area contributed by atoms with E-state index in [0.717, 1.165) is 25.0 Å². The number of nitrogens with one attached hydrogen (secondary N) is 1. The Kier molecular flexibility index (Phi) is 4.50. The summed E-state index contributed by atoms with van der Waals surface area (Å²) in [5.74, 6) is 0. The van der Waals surface area contributed by atoms with Crippen LogP contribution in [0.5, 0.6) is 0 Å². The molecule has 0 radical (unpaired) electrons. The van der Waals surface area contributed by atoms with E-state index in [2.05, 4.69) is 39.8 Å². The van der Waals surface area contributed by atoms with Gasteiger partial charge in [-0.3, -0.25) is 0 Å². The summed E-state index contributed by atoms with van der Waals surface area (Å²) in [6, 6.07) is 6.24. The zero-order valence-electron chi connectivity index (χ0n) is 10.4. The molecule has 1 unspecified atom stereocenters. The van der Waals surface area contributed by atoms with E-state index in [-0.39, 0.29) is 6.04 Å². The predicted molar refractivity (Wildman–Crippen MR) is 87.8 cm³/mol. The molecule has 1 heterocycles. The van der Waals surface area contributed by atoms with E-state index in [1.807, 2.05) is 32.0 Å². The lowest BCUT2D eigenvalue weighted by atomic mass is 10.2. The normalized spacial score (nSPS) is 12.5. The lowest BCUT2D eigenvalue weighted by Gasteiger charge is -2.15. The molecule has 0 spiro atoms. The molecule has 0 amide bonds. The zero-order chi connectivity index (χ0) is 13.3. The van der Waals surface area contributed by atoms with Gasteiger partial charge in [-0.15, -0.1) is 11.3 Å². The number of benzene rings is 1. The van der Waals surface area contributed by atoms with Crippen molar-refractivity contribution in [3.63, 3.8) is 0 Å². The Balaban J connectivity index is 2.21. The Morgan fingerprint density at radius 2 is 2.11 bits per heavy atom. The maximum absolute atomic E-state index is 6.23. The molecule has 0 saturated heterocycles. The highest BCUT2D eigenvalue weighted by atomic mass is 127. The second kappa shape index (κ2) is 5.75. The number of aryl methyl sites for hydroxylation is 2. The van der Waals surface area contributed by atoms with E-state index in [9.17, 15) is 0 Å². The molecule has 1 aromatic heterocycles. The summed E-state index contributed by atoms with van der Waals surface area (Å²) >= 11 is 10.2. The molecular weight excluding hydrogens is 379 g/mol. The quantitative estimate of drug-likeness (QED) is 0.727. The van der Waals surface area contributed by atoms with Crippen LogP contribution in [0.4, 0.5) is 5.69 Å². The van der Waals surface area contributed by atoms with Crippen molar-refractivity contribution in [2.24, 2.45) is 0 Å². The highest BCUT2D eigenvalue weighted by molar-refractivity contribution is 14.1. The molecule has 18 heavy (non-hydrogen) atoms. The van der Waals surface area contributed by atoms with Crippen LogP contribution in [0, 0.1) is 17.4 Å². The number of aromatic nitrogens is 1. The lowest BCUT2D eigenvalue weighted by molar-refractivity contribution is 0.890. The highest BCUT2D eigenvalue weighted by Gasteiger charge is 2.13. The molecule has 2 nitrogen and oxygen atoms in total. The Hall–Kier alpha value is -0.330. The van der Waals surface area contributed by atoms with Crippen molar-refractivity contribution in [2.75, 3.05) is 5.32 Å². The largest absolute Gasteiger partial charge is 0.376 e. The molecule has 2 aromatic rings. The van der Waals surface area contributed by atoms with E-state index in [1.165, 1.54) is 4.88 Å². The van der Waals surface area contributed by atoms with E-state index < -0.39 is 0 Å². The highest BCUT2D eigenvalue weighted by Crippen LogP contribution is 2.31. The van der Waals surface area contributed by atoms with Crippen molar-refractivity contribution in [1.29, 1.82) is 0 Å². The maximum Gasteiger partial charge on any atom is 0.0900 e. The van der Waals surface area contributed by atoms with E-state index in [0.29, 0.717) is 0 Å². The fourth-order valence-electron chi connectivity index (χ4n) is 1.85. The van der Waals surface area contributed by atoms with Crippen LogP contribution in [-0.4, -0.2) is 4.98 Å². The van der Waals surface area contributed by atoms with Crippen molar-refractivity contribution < 1.29 is 0 Å². The number of halogens is 2. The van der Waals surface area contributed by atoms with Gasteiger partial charge in [-0.2, -0.15) is 0 Å². The summed E-state index contributed by atoms with van der Waals surface area (Å²) < 4.78 is 1.14. The minimum atomic E-state index is 0.216. The number of hydrogen-bond donors (Lipinski definition) is 1. The predicted octanol–water partition coefficient (Wildman–Crippen LogP) is 5.19. The fraction of sp³-hybridized carbons (Fsp3) is 0.308. The molecule has 0 saturated carbocycles. The van der Waals surface area contributed by atoms with Crippen molar-refractivity contribution in [3.8, 4) is 0 Å². The van der Waals surface area contributed by atoms with Gasteiger partial charge >= 0.3 is 0 Å². The van der Waals surface area contributed by atoms with Crippen LogP contribution in [0.3, 0.4) is 0 Å². The summed E-state index contributed by atoms with van der Waals surface area (Å²) in [5, 5.41) is 5.30. The number of thiazole rings is 1. The molecule has 0 aliphatic rings. The summed E-state index contributed by atoms with van der Waals surface area (Å²) in [4.78, 5) is 5.72. The molecular formula is C13H14ClIN2S. The second-order valence-electron chi connectivity index (χ2n) is 4.17. The van der Waals surface area contributed by atoms with Gasteiger partial charge in [0.15, 0.2) is 0 Å². The summed E-state index contributed by atoms with van der Waals surface area (Å²) in [7, 11) is 0. The van der Waals surface area contributed by atoms with Gasteiger partial charge in [-0.25, -0.2) is 4.98 Å². The third-order valence-corrected chi connectivity index (χ3v) is 4.88.